The normalized spacial score (nSPS) is 10.5. The van der Waals surface area contributed by atoms with Gasteiger partial charge in [-0.2, -0.15) is 10.3 Å². The molecule has 0 unspecified atom stereocenters. The minimum Gasteiger partial charge on any atom is -0.296 e. The first kappa shape index (κ1) is 14.0. The summed E-state index contributed by atoms with van der Waals surface area (Å²) in [6.45, 7) is 0. The average Bonchev–Trinajstić information content (AvgIpc) is 2.96. The first-order valence-corrected chi connectivity index (χ1v) is 7.77. The number of H-pyrrole nitrogens is 1. The molecule has 0 atom stereocenters. The SMILES string of the molecule is O=Cc1n[nH]nc1Sc1ccc(-c2ccc(Br)cc2)cc1. The van der Waals surface area contributed by atoms with Crippen molar-refractivity contribution in [2.24, 2.45) is 0 Å². The number of nitrogens with one attached hydrogen (secondary N) is 1. The number of aromatic amines is 1. The maximum Gasteiger partial charge on any atom is 0.173 e. The summed E-state index contributed by atoms with van der Waals surface area (Å²) in [5.41, 5.74) is 2.63. The number of hydrogen-bond acceptors (Lipinski definition) is 4. The van der Waals surface area contributed by atoms with Gasteiger partial charge in [0.05, 0.1) is 0 Å². The Morgan fingerprint density at radius 1 is 0.952 bits per heavy atom. The Hall–Kier alpha value is -1.92. The van der Waals surface area contributed by atoms with Gasteiger partial charge in [-0.15, -0.1) is 5.10 Å². The van der Waals surface area contributed by atoms with Crippen molar-refractivity contribution >= 4 is 34.0 Å². The third-order valence-corrected chi connectivity index (χ3v) is 4.43. The van der Waals surface area contributed by atoms with Gasteiger partial charge in [-0.1, -0.05) is 52.0 Å². The van der Waals surface area contributed by atoms with Gasteiger partial charge in [-0.25, -0.2) is 0 Å². The summed E-state index contributed by atoms with van der Waals surface area (Å²) in [6.07, 6.45) is 0.696. The zero-order valence-corrected chi connectivity index (χ0v) is 13.2. The summed E-state index contributed by atoms with van der Waals surface area (Å²) in [7, 11) is 0. The van der Waals surface area contributed by atoms with Crippen LogP contribution in [0.1, 0.15) is 10.5 Å². The molecular formula is C15H10BrN3OS. The Kier molecular flexibility index (Phi) is 4.17. The number of rotatable bonds is 4. The first-order chi connectivity index (χ1) is 10.3. The number of benzene rings is 2. The number of carbonyl (C=O) groups is 1. The van der Waals surface area contributed by atoms with E-state index in [2.05, 4.69) is 43.5 Å². The summed E-state index contributed by atoms with van der Waals surface area (Å²) >= 11 is 4.84. The van der Waals surface area contributed by atoms with E-state index in [0.29, 0.717) is 17.0 Å². The van der Waals surface area contributed by atoms with Crippen molar-refractivity contribution in [2.75, 3.05) is 0 Å². The molecule has 1 N–H and O–H groups in total. The van der Waals surface area contributed by atoms with Crippen molar-refractivity contribution in [3.63, 3.8) is 0 Å². The maximum atomic E-state index is 10.8. The molecule has 3 aromatic rings. The Bertz CT molecular complexity index is 753. The molecule has 0 radical (unpaired) electrons. The van der Waals surface area contributed by atoms with Crippen LogP contribution in [0.2, 0.25) is 0 Å². The highest BCUT2D eigenvalue weighted by Gasteiger charge is 2.08. The Balaban J connectivity index is 1.81. The minimum atomic E-state index is 0.331. The van der Waals surface area contributed by atoms with Gasteiger partial charge in [0.1, 0.15) is 0 Å². The lowest BCUT2D eigenvalue weighted by Crippen LogP contribution is -1.83. The summed E-state index contributed by atoms with van der Waals surface area (Å²) < 4.78 is 1.06. The molecule has 6 heteroatoms. The third kappa shape index (κ3) is 3.22. The van der Waals surface area contributed by atoms with Crippen LogP contribution in [0.5, 0.6) is 0 Å². The molecule has 0 fully saturated rings. The first-order valence-electron chi connectivity index (χ1n) is 6.16. The summed E-state index contributed by atoms with van der Waals surface area (Å²) in [5, 5.41) is 10.8. The van der Waals surface area contributed by atoms with Crippen LogP contribution in [0.15, 0.2) is 62.9 Å². The zero-order valence-electron chi connectivity index (χ0n) is 10.8. The Labute approximate surface area is 134 Å². The van der Waals surface area contributed by atoms with Crippen LogP contribution in [0, 0.1) is 0 Å². The second-order valence-corrected chi connectivity index (χ2v) is 6.24. The second kappa shape index (κ2) is 6.24. The Morgan fingerprint density at radius 2 is 1.57 bits per heavy atom. The van der Waals surface area contributed by atoms with Crippen molar-refractivity contribution < 1.29 is 4.79 Å². The number of aromatic nitrogens is 3. The maximum absolute atomic E-state index is 10.8. The van der Waals surface area contributed by atoms with E-state index in [4.69, 9.17) is 0 Å². The highest BCUT2D eigenvalue weighted by atomic mass is 79.9. The molecule has 1 aromatic heterocycles. The lowest BCUT2D eigenvalue weighted by atomic mass is 10.1. The molecule has 104 valence electrons. The van der Waals surface area contributed by atoms with Crippen LogP contribution in [0.25, 0.3) is 11.1 Å². The monoisotopic (exact) mass is 359 g/mol. The van der Waals surface area contributed by atoms with E-state index in [-0.39, 0.29) is 0 Å². The highest BCUT2D eigenvalue weighted by molar-refractivity contribution is 9.10. The van der Waals surface area contributed by atoms with E-state index in [1.54, 1.807) is 0 Å². The van der Waals surface area contributed by atoms with Crippen LogP contribution < -0.4 is 0 Å². The standard InChI is InChI=1S/C15H10BrN3OS/c16-12-5-1-10(2-6-12)11-3-7-13(8-4-11)21-15-14(9-20)17-19-18-15/h1-9H,(H,17,18,19). The van der Waals surface area contributed by atoms with Crippen molar-refractivity contribution in [1.82, 2.24) is 15.4 Å². The van der Waals surface area contributed by atoms with E-state index in [1.807, 2.05) is 36.4 Å². The minimum absolute atomic E-state index is 0.331. The van der Waals surface area contributed by atoms with Gasteiger partial charge in [0.2, 0.25) is 0 Å². The molecule has 0 aliphatic rings. The summed E-state index contributed by atoms with van der Waals surface area (Å²) in [5.74, 6) is 0. The molecule has 0 aliphatic carbocycles. The zero-order chi connectivity index (χ0) is 14.7. The number of carbonyl (C=O) groups excluding carboxylic acids is 1. The predicted octanol–water partition coefficient (Wildman–Crippen LogP) is 4.20. The van der Waals surface area contributed by atoms with E-state index in [0.717, 1.165) is 20.5 Å². The Morgan fingerprint density at radius 3 is 2.19 bits per heavy atom. The molecule has 0 saturated carbocycles. The topological polar surface area (TPSA) is 58.6 Å². The molecule has 2 aromatic carbocycles. The van der Waals surface area contributed by atoms with Crippen LogP contribution in [-0.4, -0.2) is 21.7 Å². The molecule has 0 aliphatic heterocycles. The number of nitrogens with zero attached hydrogens (tertiary/aromatic N) is 2. The van der Waals surface area contributed by atoms with Crippen LogP contribution in [0.3, 0.4) is 0 Å². The van der Waals surface area contributed by atoms with Crippen molar-refractivity contribution in [3.8, 4) is 11.1 Å². The molecule has 0 amide bonds. The van der Waals surface area contributed by atoms with Gasteiger partial charge in [0.15, 0.2) is 17.0 Å². The lowest BCUT2D eigenvalue weighted by molar-refractivity contribution is 0.111. The number of aldehydes is 1. The van der Waals surface area contributed by atoms with Crippen molar-refractivity contribution in [1.29, 1.82) is 0 Å². The molecule has 1 heterocycles. The van der Waals surface area contributed by atoms with E-state index in [9.17, 15) is 4.79 Å². The van der Waals surface area contributed by atoms with Gasteiger partial charge in [-0.3, -0.25) is 4.79 Å². The predicted molar refractivity (Wildman–Crippen MR) is 85.5 cm³/mol. The largest absolute Gasteiger partial charge is 0.296 e. The third-order valence-electron chi connectivity index (χ3n) is 2.90. The van der Waals surface area contributed by atoms with Crippen molar-refractivity contribution in [3.05, 3.63) is 58.7 Å². The van der Waals surface area contributed by atoms with Gasteiger partial charge in [0.25, 0.3) is 0 Å². The summed E-state index contributed by atoms with van der Waals surface area (Å²) in [4.78, 5) is 11.8. The van der Waals surface area contributed by atoms with E-state index in [1.165, 1.54) is 11.8 Å². The van der Waals surface area contributed by atoms with Crippen LogP contribution >= 0.6 is 27.7 Å². The molecule has 21 heavy (non-hydrogen) atoms. The van der Waals surface area contributed by atoms with Gasteiger partial charge < -0.3 is 0 Å². The lowest BCUT2D eigenvalue weighted by Gasteiger charge is -2.03. The molecule has 0 bridgehead atoms. The molecule has 0 spiro atoms. The summed E-state index contributed by atoms with van der Waals surface area (Å²) in [6, 6.07) is 16.3. The fourth-order valence-electron chi connectivity index (χ4n) is 1.85. The molecular weight excluding hydrogens is 350 g/mol. The quantitative estimate of drug-likeness (QED) is 0.709. The molecule has 3 rings (SSSR count). The number of hydrogen-bond donors (Lipinski definition) is 1. The highest BCUT2D eigenvalue weighted by Crippen LogP contribution is 2.29. The second-order valence-electron chi connectivity index (χ2n) is 4.27. The van der Waals surface area contributed by atoms with Gasteiger partial charge in [0, 0.05) is 9.37 Å². The number of halogens is 1. The smallest absolute Gasteiger partial charge is 0.173 e. The van der Waals surface area contributed by atoms with E-state index < -0.39 is 0 Å². The fraction of sp³-hybridized carbons (Fsp3) is 0. The fourth-order valence-corrected chi connectivity index (χ4v) is 2.90. The average molecular weight is 360 g/mol. The van der Waals surface area contributed by atoms with Gasteiger partial charge >= 0.3 is 0 Å². The van der Waals surface area contributed by atoms with Crippen LogP contribution in [-0.2, 0) is 0 Å². The van der Waals surface area contributed by atoms with Crippen molar-refractivity contribution in [2.45, 2.75) is 9.92 Å². The molecule has 4 nitrogen and oxygen atoms in total. The van der Waals surface area contributed by atoms with Crippen LogP contribution in [0.4, 0.5) is 0 Å². The molecule has 0 saturated heterocycles. The van der Waals surface area contributed by atoms with Gasteiger partial charge in [-0.05, 0) is 35.4 Å². The van der Waals surface area contributed by atoms with E-state index >= 15 is 0 Å².